The van der Waals surface area contributed by atoms with E-state index in [-0.39, 0.29) is 17.9 Å². The van der Waals surface area contributed by atoms with Crippen LogP contribution < -0.4 is 14.8 Å². The summed E-state index contributed by atoms with van der Waals surface area (Å²) < 4.78 is 11.1. The Morgan fingerprint density at radius 2 is 2.00 bits per heavy atom. The predicted octanol–water partition coefficient (Wildman–Crippen LogP) is 1.74. The van der Waals surface area contributed by atoms with Gasteiger partial charge in [-0.3, -0.25) is 4.79 Å². The fourth-order valence-electron chi connectivity index (χ4n) is 3.13. The van der Waals surface area contributed by atoms with Gasteiger partial charge in [0.1, 0.15) is 13.2 Å². The van der Waals surface area contributed by atoms with Gasteiger partial charge in [-0.15, -0.1) is 0 Å². The van der Waals surface area contributed by atoms with E-state index in [1.807, 2.05) is 0 Å². The van der Waals surface area contributed by atoms with Crippen molar-refractivity contribution >= 4 is 5.91 Å². The van der Waals surface area contributed by atoms with Gasteiger partial charge >= 0.3 is 0 Å². The molecule has 2 N–H and O–H groups in total. The maximum absolute atomic E-state index is 12.4. The van der Waals surface area contributed by atoms with Gasteiger partial charge in [0.05, 0.1) is 12.2 Å². The number of benzene rings is 1. The lowest BCUT2D eigenvalue weighted by molar-refractivity contribution is 0.0871. The van der Waals surface area contributed by atoms with Gasteiger partial charge in [0.25, 0.3) is 5.91 Å². The summed E-state index contributed by atoms with van der Waals surface area (Å²) in [4.78, 5) is 12.4. The van der Waals surface area contributed by atoms with Crippen LogP contribution in [0.3, 0.4) is 0 Å². The molecule has 1 saturated carbocycles. The minimum absolute atomic E-state index is 0.125. The molecule has 0 aromatic heterocycles. The highest BCUT2D eigenvalue weighted by atomic mass is 16.6. The highest BCUT2D eigenvalue weighted by Crippen LogP contribution is 2.37. The van der Waals surface area contributed by atoms with Crippen molar-refractivity contribution in [1.82, 2.24) is 5.32 Å². The molecule has 21 heavy (non-hydrogen) atoms. The summed E-state index contributed by atoms with van der Waals surface area (Å²) in [5.41, 5.74) is 0.347. The normalized spacial score (nSPS) is 19.3. The van der Waals surface area contributed by atoms with Gasteiger partial charge in [-0.1, -0.05) is 18.9 Å². The average molecular weight is 291 g/mol. The van der Waals surface area contributed by atoms with E-state index in [0.29, 0.717) is 36.8 Å². The minimum Gasteiger partial charge on any atom is -0.486 e. The van der Waals surface area contributed by atoms with Gasteiger partial charge in [0.15, 0.2) is 11.5 Å². The molecule has 2 aliphatic rings. The van der Waals surface area contributed by atoms with Crippen LogP contribution in [0.15, 0.2) is 18.2 Å². The van der Waals surface area contributed by atoms with Crippen molar-refractivity contribution < 1.29 is 19.4 Å². The topological polar surface area (TPSA) is 67.8 Å². The molecule has 1 amide bonds. The van der Waals surface area contributed by atoms with Crippen molar-refractivity contribution in [1.29, 1.82) is 0 Å². The summed E-state index contributed by atoms with van der Waals surface area (Å²) in [6.45, 7) is 1.59. The molecule has 1 aliphatic heterocycles. The second kappa shape index (κ2) is 5.93. The van der Waals surface area contributed by atoms with E-state index in [4.69, 9.17) is 9.47 Å². The van der Waals surface area contributed by atoms with Gasteiger partial charge in [-0.25, -0.2) is 0 Å². The summed E-state index contributed by atoms with van der Waals surface area (Å²) in [5, 5.41) is 12.5. The van der Waals surface area contributed by atoms with Crippen LogP contribution in [0, 0.1) is 5.41 Å². The number of carbonyl (C=O) groups is 1. The summed E-state index contributed by atoms with van der Waals surface area (Å²) in [7, 11) is 0. The van der Waals surface area contributed by atoms with Gasteiger partial charge in [0.2, 0.25) is 0 Å². The Hall–Kier alpha value is -1.75. The van der Waals surface area contributed by atoms with Gasteiger partial charge in [-0.05, 0) is 25.0 Å². The SMILES string of the molecule is O=C(NCC1(CO)CCCC1)c1cccc2c1OCCO2. The molecule has 1 fully saturated rings. The fraction of sp³-hybridized carbons (Fsp3) is 0.562. The largest absolute Gasteiger partial charge is 0.486 e. The quantitative estimate of drug-likeness (QED) is 0.886. The minimum atomic E-state index is -0.169. The van der Waals surface area contributed by atoms with Crippen LogP contribution in [0.1, 0.15) is 36.0 Å². The van der Waals surface area contributed by atoms with Crippen molar-refractivity contribution in [3.05, 3.63) is 23.8 Å². The first kappa shape index (κ1) is 14.2. The number of carbonyl (C=O) groups excluding carboxylic acids is 1. The van der Waals surface area contributed by atoms with Crippen molar-refractivity contribution in [3.8, 4) is 11.5 Å². The first-order valence-electron chi connectivity index (χ1n) is 7.52. The zero-order valence-corrected chi connectivity index (χ0v) is 12.1. The van der Waals surface area contributed by atoms with Crippen molar-refractivity contribution in [2.45, 2.75) is 25.7 Å². The number of ether oxygens (including phenoxy) is 2. The summed E-state index contributed by atoms with van der Waals surface area (Å²) in [6, 6.07) is 5.33. The van der Waals surface area contributed by atoms with E-state index in [2.05, 4.69) is 5.32 Å². The van der Waals surface area contributed by atoms with Crippen LogP contribution in [-0.2, 0) is 0 Å². The molecule has 1 aromatic rings. The predicted molar refractivity (Wildman–Crippen MR) is 77.8 cm³/mol. The number of fused-ring (bicyclic) bond motifs is 1. The molecule has 1 aromatic carbocycles. The number of hydrogen-bond acceptors (Lipinski definition) is 4. The molecule has 0 unspecified atom stereocenters. The molecule has 1 aliphatic carbocycles. The number of hydrogen-bond donors (Lipinski definition) is 2. The Kier molecular flexibility index (Phi) is 4.01. The molecule has 5 nitrogen and oxygen atoms in total. The van der Waals surface area contributed by atoms with Crippen LogP contribution in [-0.4, -0.2) is 37.4 Å². The summed E-state index contributed by atoms with van der Waals surface area (Å²) >= 11 is 0. The van der Waals surface area contributed by atoms with E-state index in [9.17, 15) is 9.90 Å². The van der Waals surface area contributed by atoms with Gasteiger partial charge in [0, 0.05) is 12.0 Å². The number of amides is 1. The highest BCUT2D eigenvalue weighted by molar-refractivity contribution is 5.97. The van der Waals surface area contributed by atoms with E-state index >= 15 is 0 Å². The molecule has 0 saturated heterocycles. The zero-order chi connectivity index (χ0) is 14.7. The van der Waals surface area contributed by atoms with Crippen molar-refractivity contribution in [3.63, 3.8) is 0 Å². The Bertz CT molecular complexity index is 523. The molecule has 0 bridgehead atoms. The number of para-hydroxylation sites is 1. The van der Waals surface area contributed by atoms with Crippen LogP contribution in [0.5, 0.6) is 11.5 Å². The zero-order valence-electron chi connectivity index (χ0n) is 12.1. The number of rotatable bonds is 4. The third kappa shape index (κ3) is 2.83. The molecule has 3 rings (SSSR count). The number of aliphatic hydroxyl groups is 1. The Balaban J connectivity index is 1.71. The lowest BCUT2D eigenvalue weighted by Gasteiger charge is -2.27. The number of nitrogens with one attached hydrogen (secondary N) is 1. The molecule has 0 spiro atoms. The molecule has 1 heterocycles. The second-order valence-electron chi connectivity index (χ2n) is 5.88. The summed E-state index contributed by atoms with van der Waals surface area (Å²) in [5.74, 6) is 0.967. The van der Waals surface area contributed by atoms with E-state index in [1.165, 1.54) is 0 Å². The monoisotopic (exact) mass is 291 g/mol. The Labute approximate surface area is 124 Å². The maximum Gasteiger partial charge on any atom is 0.255 e. The third-order valence-electron chi connectivity index (χ3n) is 4.43. The van der Waals surface area contributed by atoms with Crippen LogP contribution in [0.2, 0.25) is 0 Å². The van der Waals surface area contributed by atoms with Gasteiger partial charge < -0.3 is 19.9 Å². The Morgan fingerprint density at radius 3 is 2.76 bits per heavy atom. The third-order valence-corrected chi connectivity index (χ3v) is 4.43. The van der Waals surface area contributed by atoms with E-state index < -0.39 is 0 Å². The smallest absolute Gasteiger partial charge is 0.255 e. The molecule has 114 valence electrons. The maximum atomic E-state index is 12.4. The fourth-order valence-corrected chi connectivity index (χ4v) is 3.13. The van der Waals surface area contributed by atoms with Crippen molar-refractivity contribution in [2.75, 3.05) is 26.4 Å². The lowest BCUT2D eigenvalue weighted by atomic mass is 9.87. The molecule has 5 heteroatoms. The number of aliphatic hydroxyl groups excluding tert-OH is 1. The average Bonchev–Trinajstić information content (AvgIpc) is 3.01. The Morgan fingerprint density at radius 1 is 1.24 bits per heavy atom. The van der Waals surface area contributed by atoms with Crippen LogP contribution in [0.25, 0.3) is 0 Å². The van der Waals surface area contributed by atoms with Crippen LogP contribution in [0.4, 0.5) is 0 Å². The highest BCUT2D eigenvalue weighted by Gasteiger charge is 2.34. The molecular formula is C16H21NO4. The van der Waals surface area contributed by atoms with Gasteiger partial charge in [-0.2, -0.15) is 0 Å². The summed E-state index contributed by atoms with van der Waals surface area (Å²) in [6.07, 6.45) is 4.18. The molecular weight excluding hydrogens is 270 g/mol. The van der Waals surface area contributed by atoms with Crippen molar-refractivity contribution in [2.24, 2.45) is 5.41 Å². The molecule has 0 radical (unpaired) electrons. The van der Waals surface area contributed by atoms with Crippen LogP contribution >= 0.6 is 0 Å². The first-order chi connectivity index (χ1) is 10.2. The van der Waals surface area contributed by atoms with E-state index in [1.54, 1.807) is 18.2 Å². The second-order valence-corrected chi connectivity index (χ2v) is 5.88. The lowest BCUT2D eigenvalue weighted by Crippen LogP contribution is -2.38. The van der Waals surface area contributed by atoms with E-state index in [0.717, 1.165) is 25.7 Å². The first-order valence-corrected chi connectivity index (χ1v) is 7.52. The standard InChI is InChI=1S/C16H21NO4/c18-11-16(6-1-2-7-16)10-17-15(19)12-4-3-5-13-14(12)21-9-8-20-13/h3-5,18H,1-2,6-11H2,(H,17,19). The molecule has 0 atom stereocenters.